The van der Waals surface area contributed by atoms with Gasteiger partial charge in [0, 0.05) is 12.7 Å². The Kier molecular flexibility index (Phi) is 7.09. The Hall–Kier alpha value is -4.30. The second-order valence-electron chi connectivity index (χ2n) is 6.41. The summed E-state index contributed by atoms with van der Waals surface area (Å²) in [7, 11) is 2.31. The predicted molar refractivity (Wildman–Crippen MR) is 119 cm³/mol. The monoisotopic (exact) mass is 431 g/mol. The fourth-order valence-corrected chi connectivity index (χ4v) is 2.97. The number of phenolic OH excluding ortho intramolecular Hbond substituents is 2. The van der Waals surface area contributed by atoms with Crippen molar-refractivity contribution < 1.29 is 24.9 Å². The molecule has 0 saturated heterocycles. The number of rotatable bonds is 4. The minimum atomic E-state index is -0.479. The van der Waals surface area contributed by atoms with Crippen molar-refractivity contribution in [2.45, 2.75) is 0 Å². The molecule has 0 aliphatic rings. The number of methoxy groups -OCH3 is 1. The lowest BCUT2D eigenvalue weighted by Crippen LogP contribution is -2.03. The third-order valence-electron chi connectivity index (χ3n) is 4.47. The summed E-state index contributed by atoms with van der Waals surface area (Å²) in [5.41, 5.74) is 1.75. The van der Waals surface area contributed by atoms with Crippen LogP contribution in [0.5, 0.6) is 11.5 Å². The van der Waals surface area contributed by atoms with Crippen LogP contribution >= 0.6 is 0 Å². The molecule has 162 valence electrons. The van der Waals surface area contributed by atoms with Crippen molar-refractivity contribution in [2.75, 3.05) is 14.2 Å². The molecule has 0 spiro atoms. The molecule has 0 fully saturated rings. The van der Waals surface area contributed by atoms with E-state index in [1.807, 2.05) is 0 Å². The van der Waals surface area contributed by atoms with E-state index in [4.69, 9.17) is 9.84 Å². The summed E-state index contributed by atoms with van der Waals surface area (Å²) in [5.74, 6) is 0.307. The van der Waals surface area contributed by atoms with Crippen molar-refractivity contribution in [1.82, 2.24) is 15.0 Å². The number of aromatic nitrogens is 3. The van der Waals surface area contributed by atoms with Gasteiger partial charge in [0.2, 0.25) is 0 Å². The first-order chi connectivity index (χ1) is 15.6. The molecule has 4 rings (SSSR count). The fraction of sp³-hybridized carbons (Fsp3) is 0.0833. The summed E-state index contributed by atoms with van der Waals surface area (Å²) in [4.78, 5) is 25.4. The Morgan fingerprint density at radius 3 is 1.72 bits per heavy atom. The maximum atomic E-state index is 11.9. The Morgan fingerprint density at radius 1 is 0.719 bits per heavy atom. The van der Waals surface area contributed by atoms with Gasteiger partial charge in [-0.15, -0.1) is 0 Å². The number of carbonyl (C=O) groups excluding carboxylic acids is 1. The molecule has 0 aliphatic carbocycles. The smallest absolute Gasteiger partial charge is 0.337 e. The number of para-hydroxylation sites is 2. The molecule has 0 saturated carbocycles. The average Bonchev–Trinajstić information content (AvgIpc) is 2.85. The van der Waals surface area contributed by atoms with Gasteiger partial charge < -0.3 is 20.1 Å². The van der Waals surface area contributed by atoms with Crippen LogP contribution in [-0.4, -0.2) is 50.5 Å². The number of esters is 1. The molecule has 32 heavy (non-hydrogen) atoms. The Balaban J connectivity index is 0.00000141. The molecule has 8 nitrogen and oxygen atoms in total. The van der Waals surface area contributed by atoms with Gasteiger partial charge in [-0.05, 0) is 36.4 Å². The average molecular weight is 431 g/mol. The molecule has 0 unspecified atom stereocenters. The van der Waals surface area contributed by atoms with Gasteiger partial charge in [-0.1, -0.05) is 36.4 Å². The highest BCUT2D eigenvalue weighted by Gasteiger charge is 2.17. The molecule has 1 aromatic heterocycles. The summed E-state index contributed by atoms with van der Waals surface area (Å²) in [6.45, 7) is 0. The van der Waals surface area contributed by atoms with E-state index in [0.717, 1.165) is 7.11 Å². The van der Waals surface area contributed by atoms with Crippen LogP contribution in [0.15, 0.2) is 72.8 Å². The van der Waals surface area contributed by atoms with E-state index < -0.39 is 5.97 Å². The Labute approximate surface area is 184 Å². The summed E-state index contributed by atoms with van der Waals surface area (Å²) in [6.07, 6.45) is 0. The van der Waals surface area contributed by atoms with Crippen LogP contribution in [0.4, 0.5) is 0 Å². The van der Waals surface area contributed by atoms with Gasteiger partial charge in [0.15, 0.2) is 17.5 Å². The van der Waals surface area contributed by atoms with Gasteiger partial charge in [-0.25, -0.2) is 19.7 Å². The molecular formula is C24H21N3O5. The van der Waals surface area contributed by atoms with E-state index in [9.17, 15) is 15.0 Å². The Bertz CT molecular complexity index is 1180. The third-order valence-corrected chi connectivity index (χ3v) is 4.47. The molecule has 0 radical (unpaired) electrons. The van der Waals surface area contributed by atoms with E-state index in [2.05, 4.69) is 15.0 Å². The second-order valence-corrected chi connectivity index (χ2v) is 6.41. The first-order valence-corrected chi connectivity index (χ1v) is 9.53. The first-order valence-electron chi connectivity index (χ1n) is 9.53. The topological polar surface area (TPSA) is 126 Å². The highest BCUT2D eigenvalue weighted by atomic mass is 16.5. The van der Waals surface area contributed by atoms with E-state index in [0.29, 0.717) is 22.3 Å². The molecule has 0 atom stereocenters. The van der Waals surface area contributed by atoms with Gasteiger partial charge in [-0.3, -0.25) is 0 Å². The number of aliphatic hydroxyl groups is 1. The maximum absolute atomic E-state index is 11.9. The number of hydrogen-bond donors (Lipinski definition) is 3. The molecule has 0 bridgehead atoms. The minimum absolute atomic E-state index is 0.0150. The molecule has 3 N–H and O–H groups in total. The number of aliphatic hydroxyl groups excluding tert-OH is 1. The predicted octanol–water partition coefficient (Wildman–Crippen LogP) is 3.68. The lowest BCUT2D eigenvalue weighted by molar-refractivity contribution is 0.0600. The van der Waals surface area contributed by atoms with Gasteiger partial charge in [0.1, 0.15) is 11.5 Å². The SMILES string of the molecule is CO.COC(=O)c1cccc(-c2nc(-c3ccccc3O)nc(-c3ccccc3O)n2)c1. The summed E-state index contributed by atoms with van der Waals surface area (Å²) < 4.78 is 4.79. The van der Waals surface area contributed by atoms with Crippen molar-refractivity contribution in [3.63, 3.8) is 0 Å². The quantitative estimate of drug-likeness (QED) is 0.418. The Morgan fingerprint density at radius 2 is 1.22 bits per heavy atom. The maximum Gasteiger partial charge on any atom is 0.337 e. The van der Waals surface area contributed by atoms with Crippen LogP contribution < -0.4 is 0 Å². The van der Waals surface area contributed by atoms with E-state index in [1.165, 1.54) is 19.2 Å². The van der Waals surface area contributed by atoms with Crippen LogP contribution in [-0.2, 0) is 4.74 Å². The van der Waals surface area contributed by atoms with E-state index in [-0.39, 0.29) is 29.0 Å². The van der Waals surface area contributed by atoms with Crippen molar-refractivity contribution >= 4 is 5.97 Å². The highest BCUT2D eigenvalue weighted by molar-refractivity contribution is 5.90. The molecular weight excluding hydrogens is 410 g/mol. The van der Waals surface area contributed by atoms with E-state index >= 15 is 0 Å². The number of aromatic hydroxyl groups is 2. The summed E-state index contributed by atoms with van der Waals surface area (Å²) in [5, 5.41) is 27.6. The first kappa shape index (κ1) is 22.4. The van der Waals surface area contributed by atoms with Gasteiger partial charge in [-0.2, -0.15) is 0 Å². The van der Waals surface area contributed by atoms with Crippen LogP contribution in [0.3, 0.4) is 0 Å². The van der Waals surface area contributed by atoms with Crippen LogP contribution in [0.1, 0.15) is 10.4 Å². The van der Waals surface area contributed by atoms with Crippen LogP contribution in [0.25, 0.3) is 34.2 Å². The third kappa shape index (κ3) is 4.71. The molecule has 0 aliphatic heterocycles. The number of carbonyl (C=O) groups is 1. The van der Waals surface area contributed by atoms with Crippen molar-refractivity contribution in [1.29, 1.82) is 0 Å². The van der Waals surface area contributed by atoms with Gasteiger partial charge >= 0.3 is 5.97 Å². The number of ether oxygens (including phenoxy) is 1. The number of nitrogens with zero attached hydrogens (tertiary/aromatic N) is 3. The standard InChI is InChI=1S/C23H17N3O4.CH4O/c1-30-23(29)15-8-6-7-14(13-15)20-24-21(16-9-2-4-11-18(16)27)26-22(25-20)17-10-3-5-12-19(17)28;1-2/h2-13,27-28H,1H3;2H,1H3. The summed E-state index contributed by atoms with van der Waals surface area (Å²) in [6, 6.07) is 20.1. The zero-order valence-corrected chi connectivity index (χ0v) is 17.4. The normalized spacial score (nSPS) is 10.1. The largest absolute Gasteiger partial charge is 0.507 e. The molecule has 0 amide bonds. The van der Waals surface area contributed by atoms with Gasteiger partial charge in [0.25, 0.3) is 0 Å². The highest BCUT2D eigenvalue weighted by Crippen LogP contribution is 2.32. The van der Waals surface area contributed by atoms with E-state index in [1.54, 1.807) is 60.7 Å². The second kappa shape index (κ2) is 10.1. The molecule has 8 heteroatoms. The van der Waals surface area contributed by atoms with Crippen molar-refractivity contribution in [2.24, 2.45) is 0 Å². The number of hydrogen-bond acceptors (Lipinski definition) is 8. The number of benzene rings is 3. The number of phenols is 2. The molecule has 1 heterocycles. The fourth-order valence-electron chi connectivity index (χ4n) is 2.97. The minimum Gasteiger partial charge on any atom is -0.507 e. The summed E-state index contributed by atoms with van der Waals surface area (Å²) >= 11 is 0. The molecule has 3 aromatic carbocycles. The van der Waals surface area contributed by atoms with Crippen LogP contribution in [0.2, 0.25) is 0 Å². The van der Waals surface area contributed by atoms with Crippen molar-refractivity contribution in [3.8, 4) is 45.7 Å². The lowest BCUT2D eigenvalue weighted by atomic mass is 10.1. The zero-order chi connectivity index (χ0) is 23.1. The lowest BCUT2D eigenvalue weighted by Gasteiger charge is -2.10. The van der Waals surface area contributed by atoms with Crippen LogP contribution in [0, 0.1) is 0 Å². The molecule has 4 aromatic rings. The van der Waals surface area contributed by atoms with Crippen molar-refractivity contribution in [3.05, 3.63) is 78.4 Å². The zero-order valence-electron chi connectivity index (χ0n) is 17.4. The van der Waals surface area contributed by atoms with Gasteiger partial charge in [0.05, 0.1) is 23.8 Å².